The molecule has 1 heteroatoms. The summed E-state index contributed by atoms with van der Waals surface area (Å²) in [7, 11) is 1.96. The summed E-state index contributed by atoms with van der Waals surface area (Å²) in [6, 6.07) is 0.476. The highest BCUT2D eigenvalue weighted by Crippen LogP contribution is 2.03. The minimum Gasteiger partial charge on any atom is -0.307 e. The number of nitrogens with one attached hydrogen (secondary N) is 1. The van der Waals surface area contributed by atoms with Crippen molar-refractivity contribution in [3.05, 3.63) is 0 Å². The van der Waals surface area contributed by atoms with Crippen LogP contribution in [-0.4, -0.2) is 13.1 Å². The summed E-state index contributed by atoms with van der Waals surface area (Å²) in [6.07, 6.45) is 3.58. The second-order valence-corrected chi connectivity index (χ2v) is 2.05. The van der Waals surface area contributed by atoms with Crippen LogP contribution in [0.5, 0.6) is 0 Å². The third-order valence-electron chi connectivity index (χ3n) is 1.42. The van der Waals surface area contributed by atoms with Gasteiger partial charge < -0.3 is 5.32 Å². The third-order valence-corrected chi connectivity index (χ3v) is 1.42. The molecule has 1 N–H and O–H groups in total. The van der Waals surface area contributed by atoms with Crippen molar-refractivity contribution in [3.63, 3.8) is 0 Å². The normalized spacial score (nSPS) is 26.4. The van der Waals surface area contributed by atoms with Crippen molar-refractivity contribution in [2.75, 3.05) is 7.05 Å². The molecule has 0 amide bonds. The number of hydrogen-bond donors (Lipinski definition) is 1. The van der Waals surface area contributed by atoms with Crippen molar-refractivity contribution >= 4 is 0 Å². The van der Waals surface area contributed by atoms with Gasteiger partial charge in [0.05, 0.1) is 6.04 Å². The van der Waals surface area contributed by atoms with Gasteiger partial charge in [0.25, 0.3) is 0 Å². The van der Waals surface area contributed by atoms with E-state index in [0.29, 0.717) is 6.04 Å². The topological polar surface area (TPSA) is 12.0 Å². The first-order valence-corrected chi connectivity index (χ1v) is 3.09. The monoisotopic (exact) mass is 109 g/mol. The Hall–Kier alpha value is -0.480. The van der Waals surface area contributed by atoms with Crippen LogP contribution in [0.1, 0.15) is 19.3 Å². The van der Waals surface area contributed by atoms with E-state index in [1.165, 1.54) is 12.8 Å². The SMILES string of the molecule is CNC1C#CCCC1. The zero-order valence-electron chi connectivity index (χ0n) is 5.20. The summed E-state index contributed by atoms with van der Waals surface area (Å²) in [5, 5.41) is 3.13. The van der Waals surface area contributed by atoms with Crippen LogP contribution in [0.15, 0.2) is 0 Å². The van der Waals surface area contributed by atoms with Gasteiger partial charge in [0.15, 0.2) is 0 Å². The highest BCUT2D eigenvalue weighted by atomic mass is 14.9. The second kappa shape index (κ2) is 2.74. The van der Waals surface area contributed by atoms with Gasteiger partial charge >= 0.3 is 0 Å². The van der Waals surface area contributed by atoms with E-state index in [1.807, 2.05) is 7.05 Å². The summed E-state index contributed by atoms with van der Waals surface area (Å²) < 4.78 is 0. The van der Waals surface area contributed by atoms with Crippen LogP contribution in [0.3, 0.4) is 0 Å². The van der Waals surface area contributed by atoms with Gasteiger partial charge in [-0.15, -0.1) is 5.92 Å². The molecule has 0 saturated carbocycles. The maximum atomic E-state index is 3.13. The van der Waals surface area contributed by atoms with Crippen LogP contribution in [0.2, 0.25) is 0 Å². The van der Waals surface area contributed by atoms with Gasteiger partial charge in [-0.2, -0.15) is 0 Å². The Bertz CT molecular complexity index is 118. The summed E-state index contributed by atoms with van der Waals surface area (Å²) in [4.78, 5) is 0. The van der Waals surface area contributed by atoms with Gasteiger partial charge in [-0.05, 0) is 19.9 Å². The molecule has 0 saturated heterocycles. The summed E-state index contributed by atoms with van der Waals surface area (Å²) >= 11 is 0. The Morgan fingerprint density at radius 2 is 2.50 bits per heavy atom. The smallest absolute Gasteiger partial charge is 0.0687 e. The van der Waals surface area contributed by atoms with Crippen molar-refractivity contribution in [1.82, 2.24) is 5.32 Å². The van der Waals surface area contributed by atoms with Gasteiger partial charge in [0.1, 0.15) is 0 Å². The molecule has 0 aliphatic heterocycles. The van der Waals surface area contributed by atoms with Crippen molar-refractivity contribution in [3.8, 4) is 11.8 Å². The first-order valence-electron chi connectivity index (χ1n) is 3.09. The zero-order valence-corrected chi connectivity index (χ0v) is 5.20. The standard InChI is InChI=1S/C7H11N/c1-8-7-5-3-2-4-6-7/h7-8H,2-3,5H2,1H3. The van der Waals surface area contributed by atoms with E-state index < -0.39 is 0 Å². The first-order chi connectivity index (χ1) is 3.93. The zero-order chi connectivity index (χ0) is 5.82. The summed E-state index contributed by atoms with van der Waals surface area (Å²) in [5.41, 5.74) is 0. The van der Waals surface area contributed by atoms with E-state index in [9.17, 15) is 0 Å². The van der Waals surface area contributed by atoms with Gasteiger partial charge in [0, 0.05) is 6.42 Å². The fourth-order valence-electron chi connectivity index (χ4n) is 0.879. The molecule has 0 aromatic carbocycles. The van der Waals surface area contributed by atoms with Gasteiger partial charge in [-0.25, -0.2) is 0 Å². The molecule has 8 heavy (non-hydrogen) atoms. The Morgan fingerprint density at radius 3 is 2.88 bits per heavy atom. The highest BCUT2D eigenvalue weighted by Gasteiger charge is 2.02. The Balaban J connectivity index is 2.39. The molecule has 1 atom stereocenters. The van der Waals surface area contributed by atoms with Crippen LogP contribution >= 0.6 is 0 Å². The molecule has 1 aliphatic carbocycles. The van der Waals surface area contributed by atoms with Crippen molar-refractivity contribution in [2.45, 2.75) is 25.3 Å². The van der Waals surface area contributed by atoms with Crippen LogP contribution < -0.4 is 5.32 Å². The summed E-state index contributed by atoms with van der Waals surface area (Å²) in [5.74, 6) is 6.18. The Morgan fingerprint density at radius 1 is 1.62 bits per heavy atom. The Kier molecular flexibility index (Phi) is 1.93. The maximum absolute atomic E-state index is 3.13. The number of rotatable bonds is 1. The molecule has 1 nitrogen and oxygen atoms in total. The van der Waals surface area contributed by atoms with Crippen molar-refractivity contribution in [2.24, 2.45) is 0 Å². The second-order valence-electron chi connectivity index (χ2n) is 2.05. The van der Waals surface area contributed by atoms with E-state index in [4.69, 9.17) is 0 Å². The molecule has 0 spiro atoms. The first kappa shape index (κ1) is 5.65. The molecule has 1 aliphatic rings. The maximum Gasteiger partial charge on any atom is 0.0687 e. The molecule has 0 radical (unpaired) electrons. The molecule has 0 aromatic heterocycles. The lowest BCUT2D eigenvalue weighted by Crippen LogP contribution is -2.24. The predicted molar refractivity (Wildman–Crippen MR) is 34.5 cm³/mol. The molecule has 0 bridgehead atoms. The number of hydrogen-bond acceptors (Lipinski definition) is 1. The lowest BCUT2D eigenvalue weighted by molar-refractivity contribution is 0.593. The van der Waals surface area contributed by atoms with Gasteiger partial charge in [-0.3, -0.25) is 0 Å². The molecule has 0 fully saturated rings. The van der Waals surface area contributed by atoms with E-state index in [1.54, 1.807) is 0 Å². The van der Waals surface area contributed by atoms with E-state index in [2.05, 4.69) is 17.2 Å². The lowest BCUT2D eigenvalue weighted by Gasteiger charge is -2.10. The molecule has 0 heterocycles. The van der Waals surface area contributed by atoms with Crippen molar-refractivity contribution < 1.29 is 0 Å². The van der Waals surface area contributed by atoms with Crippen molar-refractivity contribution in [1.29, 1.82) is 0 Å². The third kappa shape index (κ3) is 1.24. The van der Waals surface area contributed by atoms with E-state index >= 15 is 0 Å². The fourth-order valence-corrected chi connectivity index (χ4v) is 0.879. The molecule has 1 unspecified atom stereocenters. The molecule has 44 valence electrons. The van der Waals surface area contributed by atoms with Gasteiger partial charge in [0.2, 0.25) is 0 Å². The van der Waals surface area contributed by atoms with E-state index in [-0.39, 0.29) is 0 Å². The van der Waals surface area contributed by atoms with Crippen LogP contribution in [0, 0.1) is 11.8 Å². The highest BCUT2D eigenvalue weighted by molar-refractivity contribution is 5.10. The average molecular weight is 109 g/mol. The van der Waals surface area contributed by atoms with Crippen LogP contribution in [0.4, 0.5) is 0 Å². The molecular formula is C7H11N. The minimum absolute atomic E-state index is 0.476. The quantitative estimate of drug-likeness (QED) is 0.490. The van der Waals surface area contributed by atoms with Crippen LogP contribution in [0.25, 0.3) is 0 Å². The molecular weight excluding hydrogens is 98.1 g/mol. The largest absolute Gasteiger partial charge is 0.307 e. The summed E-state index contributed by atoms with van der Waals surface area (Å²) in [6.45, 7) is 0. The minimum atomic E-state index is 0.476. The average Bonchev–Trinajstić information content (AvgIpc) is 1.90. The predicted octanol–water partition coefficient (Wildman–Crippen LogP) is 0.762. The van der Waals surface area contributed by atoms with Gasteiger partial charge in [-0.1, -0.05) is 5.92 Å². The molecule has 0 aromatic rings. The molecule has 1 rings (SSSR count). The lowest BCUT2D eigenvalue weighted by atomic mass is 10.1. The van der Waals surface area contributed by atoms with Crippen LogP contribution in [-0.2, 0) is 0 Å². The fraction of sp³-hybridized carbons (Fsp3) is 0.714. The Labute approximate surface area is 50.5 Å². The van der Waals surface area contributed by atoms with E-state index in [0.717, 1.165) is 6.42 Å².